The van der Waals surface area contributed by atoms with Gasteiger partial charge in [0.1, 0.15) is 0 Å². The number of rotatable bonds is 4. The molecule has 1 heteroatoms. The topological polar surface area (TPSA) is 23.8 Å². The van der Waals surface area contributed by atoms with Gasteiger partial charge in [-0.2, -0.15) is 5.26 Å². The van der Waals surface area contributed by atoms with Crippen LogP contribution in [0, 0.1) is 36.5 Å². The lowest BCUT2D eigenvalue weighted by Gasteiger charge is -2.35. The van der Waals surface area contributed by atoms with Crippen LogP contribution in [0.3, 0.4) is 0 Å². The first kappa shape index (κ1) is 15.1. The molecule has 0 spiro atoms. The summed E-state index contributed by atoms with van der Waals surface area (Å²) in [5, 5.41) is 9.71. The zero-order chi connectivity index (χ0) is 14.6. The van der Waals surface area contributed by atoms with Gasteiger partial charge in [0.25, 0.3) is 0 Å². The monoisotopic (exact) mass is 269 g/mol. The molecule has 1 nitrogen and oxygen atoms in total. The molecule has 0 unspecified atom stereocenters. The summed E-state index contributed by atoms with van der Waals surface area (Å²) in [6, 6.07) is 9.38. The number of nitrogens with zero attached hydrogens (tertiary/aromatic N) is 1. The van der Waals surface area contributed by atoms with Crippen LogP contribution in [0.1, 0.15) is 62.1 Å². The smallest absolute Gasteiger partial charge is 0.0693 e. The maximum Gasteiger partial charge on any atom is 0.0693 e. The van der Waals surface area contributed by atoms with Crippen LogP contribution in [-0.4, -0.2) is 0 Å². The molecule has 1 aliphatic carbocycles. The first-order valence-electron chi connectivity index (χ1n) is 8.05. The lowest BCUT2D eigenvalue weighted by Crippen LogP contribution is -2.28. The quantitative estimate of drug-likeness (QED) is 0.723. The van der Waals surface area contributed by atoms with E-state index in [1.165, 1.54) is 42.4 Å². The summed E-state index contributed by atoms with van der Waals surface area (Å²) in [6.07, 6.45) is 8.21. The zero-order valence-corrected chi connectivity index (χ0v) is 13.2. The molecule has 20 heavy (non-hydrogen) atoms. The number of hydrogen-bond acceptors (Lipinski definition) is 1. The fraction of sp³-hybridized carbons (Fsp3) is 0.632. The minimum Gasteiger partial charge on any atom is -0.198 e. The van der Waals surface area contributed by atoms with Gasteiger partial charge in [-0.1, -0.05) is 49.1 Å². The van der Waals surface area contributed by atoms with Crippen molar-refractivity contribution in [3.05, 3.63) is 34.9 Å². The van der Waals surface area contributed by atoms with E-state index in [1.807, 2.05) is 0 Å². The molecule has 1 aromatic rings. The normalized spacial score (nSPS) is 26.2. The van der Waals surface area contributed by atoms with Crippen molar-refractivity contribution >= 4 is 0 Å². The van der Waals surface area contributed by atoms with E-state index in [1.54, 1.807) is 0 Å². The van der Waals surface area contributed by atoms with Gasteiger partial charge >= 0.3 is 0 Å². The molecule has 0 amide bonds. The molecule has 0 heterocycles. The molecule has 2 rings (SSSR count). The Morgan fingerprint density at radius 1 is 1.15 bits per heavy atom. The van der Waals surface area contributed by atoms with Crippen molar-refractivity contribution < 1.29 is 0 Å². The van der Waals surface area contributed by atoms with Gasteiger partial charge in [0, 0.05) is 0 Å². The van der Waals surface area contributed by atoms with E-state index in [9.17, 15) is 5.26 Å². The summed E-state index contributed by atoms with van der Waals surface area (Å²) in [4.78, 5) is 0. The highest BCUT2D eigenvalue weighted by atomic mass is 14.4. The third-order valence-electron chi connectivity index (χ3n) is 4.82. The van der Waals surface area contributed by atoms with Crippen molar-refractivity contribution in [2.45, 2.75) is 65.7 Å². The molecule has 0 bridgehead atoms. The third kappa shape index (κ3) is 3.63. The van der Waals surface area contributed by atoms with Crippen molar-refractivity contribution in [2.24, 2.45) is 11.3 Å². The van der Waals surface area contributed by atoms with Gasteiger partial charge < -0.3 is 0 Å². The molecule has 0 saturated heterocycles. The predicted octanol–water partition coefficient (Wildman–Crippen LogP) is 5.35. The van der Waals surface area contributed by atoms with E-state index in [0.29, 0.717) is 0 Å². The number of nitriles is 1. The van der Waals surface area contributed by atoms with Gasteiger partial charge in [-0.3, -0.25) is 0 Å². The average molecular weight is 269 g/mol. The Morgan fingerprint density at radius 2 is 1.75 bits per heavy atom. The molecule has 108 valence electrons. The Morgan fingerprint density at radius 3 is 2.25 bits per heavy atom. The van der Waals surface area contributed by atoms with E-state index >= 15 is 0 Å². The minimum atomic E-state index is -0.107. The first-order chi connectivity index (χ1) is 9.57. The van der Waals surface area contributed by atoms with Crippen LogP contribution >= 0.6 is 0 Å². The van der Waals surface area contributed by atoms with Gasteiger partial charge in [0.2, 0.25) is 0 Å². The fourth-order valence-electron chi connectivity index (χ4n) is 3.82. The zero-order valence-electron chi connectivity index (χ0n) is 13.2. The van der Waals surface area contributed by atoms with Crippen LogP contribution in [-0.2, 0) is 6.42 Å². The van der Waals surface area contributed by atoms with Crippen molar-refractivity contribution in [3.8, 4) is 6.07 Å². The maximum atomic E-state index is 9.71. The van der Waals surface area contributed by atoms with Gasteiger partial charge in [-0.05, 0) is 57.4 Å². The average Bonchev–Trinajstić information content (AvgIpc) is 2.40. The Labute approximate surface area is 124 Å². The number of hydrogen-bond donors (Lipinski definition) is 0. The van der Waals surface area contributed by atoms with E-state index in [-0.39, 0.29) is 5.41 Å². The van der Waals surface area contributed by atoms with E-state index in [0.717, 1.165) is 25.2 Å². The summed E-state index contributed by atoms with van der Waals surface area (Å²) in [7, 11) is 0. The lowest BCUT2D eigenvalue weighted by molar-refractivity contribution is 0.200. The van der Waals surface area contributed by atoms with Crippen molar-refractivity contribution in [1.82, 2.24) is 0 Å². The molecule has 0 N–H and O–H groups in total. The Kier molecular flexibility index (Phi) is 4.86. The van der Waals surface area contributed by atoms with Crippen molar-refractivity contribution in [3.63, 3.8) is 0 Å². The second-order valence-corrected chi connectivity index (χ2v) is 6.80. The molecule has 1 fully saturated rings. The van der Waals surface area contributed by atoms with Crippen LogP contribution in [0.4, 0.5) is 0 Å². The van der Waals surface area contributed by atoms with Gasteiger partial charge in [0.05, 0.1) is 11.5 Å². The fourth-order valence-corrected chi connectivity index (χ4v) is 3.82. The standard InChI is InChI=1S/C19H27N/c1-4-5-17-6-8-19(14-20,9-7-17)13-18-11-15(2)10-16(3)12-18/h10-12,17H,4-9,13H2,1-3H3. The Balaban J connectivity index is 2.08. The summed E-state index contributed by atoms with van der Waals surface area (Å²) in [5.74, 6) is 0.862. The third-order valence-corrected chi connectivity index (χ3v) is 4.82. The van der Waals surface area contributed by atoms with Gasteiger partial charge in [0.15, 0.2) is 0 Å². The molecule has 0 atom stereocenters. The molecular weight excluding hydrogens is 242 g/mol. The predicted molar refractivity (Wildman–Crippen MR) is 84.5 cm³/mol. The van der Waals surface area contributed by atoms with Crippen LogP contribution in [0.2, 0.25) is 0 Å². The van der Waals surface area contributed by atoms with E-state index in [4.69, 9.17) is 0 Å². The van der Waals surface area contributed by atoms with Crippen LogP contribution in [0.15, 0.2) is 18.2 Å². The molecule has 0 radical (unpaired) electrons. The second-order valence-electron chi connectivity index (χ2n) is 6.80. The Hall–Kier alpha value is -1.29. The second kappa shape index (κ2) is 6.44. The molecule has 0 aliphatic heterocycles. The maximum absolute atomic E-state index is 9.71. The van der Waals surface area contributed by atoms with Crippen LogP contribution in [0.25, 0.3) is 0 Å². The van der Waals surface area contributed by atoms with Crippen molar-refractivity contribution in [1.29, 1.82) is 5.26 Å². The van der Waals surface area contributed by atoms with E-state index < -0.39 is 0 Å². The van der Waals surface area contributed by atoms with Crippen molar-refractivity contribution in [2.75, 3.05) is 0 Å². The van der Waals surface area contributed by atoms with Crippen LogP contribution < -0.4 is 0 Å². The highest BCUT2D eigenvalue weighted by molar-refractivity contribution is 5.30. The first-order valence-corrected chi connectivity index (χ1v) is 8.05. The summed E-state index contributed by atoms with van der Waals surface area (Å²) in [5.41, 5.74) is 3.86. The molecule has 1 aromatic carbocycles. The van der Waals surface area contributed by atoms with Crippen LogP contribution in [0.5, 0.6) is 0 Å². The molecule has 1 saturated carbocycles. The summed E-state index contributed by atoms with van der Waals surface area (Å²) < 4.78 is 0. The molecule has 0 aromatic heterocycles. The largest absolute Gasteiger partial charge is 0.198 e. The van der Waals surface area contributed by atoms with E-state index in [2.05, 4.69) is 45.0 Å². The molecular formula is C19H27N. The summed E-state index contributed by atoms with van der Waals surface area (Å²) >= 11 is 0. The van der Waals surface area contributed by atoms with Gasteiger partial charge in [-0.15, -0.1) is 0 Å². The SMILES string of the molecule is CCCC1CCC(C#N)(Cc2cc(C)cc(C)c2)CC1. The van der Waals surface area contributed by atoms with Gasteiger partial charge in [-0.25, -0.2) is 0 Å². The number of aryl methyl sites for hydroxylation is 2. The molecule has 1 aliphatic rings. The minimum absolute atomic E-state index is 0.107. The highest BCUT2D eigenvalue weighted by Crippen LogP contribution is 2.42. The highest BCUT2D eigenvalue weighted by Gasteiger charge is 2.35. The Bertz CT molecular complexity index is 467. The summed E-state index contributed by atoms with van der Waals surface area (Å²) in [6.45, 7) is 6.56. The number of benzene rings is 1. The lowest BCUT2D eigenvalue weighted by atomic mass is 9.67.